The van der Waals surface area contributed by atoms with Crippen molar-refractivity contribution < 1.29 is 9.59 Å². The molecule has 0 aliphatic heterocycles. The van der Waals surface area contributed by atoms with Gasteiger partial charge in [-0.05, 0) is 32.3 Å². The second kappa shape index (κ2) is 4.96. The van der Waals surface area contributed by atoms with Crippen LogP contribution in [0, 0.1) is 0 Å². The zero-order chi connectivity index (χ0) is 13.3. The number of Topliss-reactive ketones (excluding diaryl/α,β-unsaturated/α-hetero) is 1. The molecule has 0 saturated heterocycles. The molecule has 1 heterocycles. The quantitative estimate of drug-likeness (QED) is 0.819. The molecule has 0 unspecified atom stereocenters. The van der Waals surface area contributed by atoms with Gasteiger partial charge in [0.25, 0.3) is 0 Å². The lowest BCUT2D eigenvalue weighted by Crippen LogP contribution is -2.35. The minimum absolute atomic E-state index is 0.0739. The smallest absolute Gasteiger partial charge is 0.242 e. The molecule has 0 fully saturated rings. The maximum atomic E-state index is 12.0. The third-order valence-corrected chi connectivity index (χ3v) is 3.60. The second-order valence-corrected chi connectivity index (χ2v) is 5.24. The van der Waals surface area contributed by atoms with Gasteiger partial charge in [0, 0.05) is 37.5 Å². The van der Waals surface area contributed by atoms with E-state index in [2.05, 4.69) is 0 Å². The van der Waals surface area contributed by atoms with Crippen LogP contribution < -0.4 is 0 Å². The van der Waals surface area contributed by atoms with Crippen LogP contribution in [-0.4, -0.2) is 34.2 Å². The summed E-state index contributed by atoms with van der Waals surface area (Å²) in [6.07, 6.45) is 6.27. The van der Waals surface area contributed by atoms with Crippen LogP contribution in [-0.2, 0) is 17.8 Å². The molecular weight excluding hydrogens is 228 g/mol. The number of hydrogen-bond acceptors (Lipinski definition) is 2. The molecule has 1 aromatic rings. The van der Waals surface area contributed by atoms with E-state index in [1.165, 1.54) is 0 Å². The molecule has 4 heteroatoms. The fourth-order valence-electron chi connectivity index (χ4n) is 2.23. The van der Waals surface area contributed by atoms with Crippen molar-refractivity contribution in [3.63, 3.8) is 0 Å². The molecule has 1 aliphatic rings. The van der Waals surface area contributed by atoms with Crippen LogP contribution in [0.25, 0.3) is 0 Å². The van der Waals surface area contributed by atoms with Crippen LogP contribution >= 0.6 is 0 Å². The standard InChI is InChI=1S/C14H20N2O2/c1-10(2)15(3)14(18)9-16-7-11-5-4-6-13(17)12(11)8-16/h7-8,10H,4-6,9H2,1-3H3. The Morgan fingerprint density at radius 3 is 2.72 bits per heavy atom. The first kappa shape index (κ1) is 12.9. The normalized spacial score (nSPS) is 14.8. The molecule has 98 valence electrons. The SMILES string of the molecule is CC(C)N(C)C(=O)Cn1cc2c(c1)C(=O)CCC2. The lowest BCUT2D eigenvalue weighted by atomic mass is 9.95. The lowest BCUT2D eigenvalue weighted by molar-refractivity contribution is -0.131. The number of likely N-dealkylation sites (N-methyl/N-ethyl adjacent to an activating group) is 1. The Balaban J connectivity index is 2.11. The van der Waals surface area contributed by atoms with Crippen molar-refractivity contribution in [2.24, 2.45) is 0 Å². The predicted octanol–water partition coefficient (Wildman–Crippen LogP) is 1.87. The van der Waals surface area contributed by atoms with Crippen molar-refractivity contribution >= 4 is 11.7 Å². The number of ketones is 1. The molecule has 18 heavy (non-hydrogen) atoms. The molecule has 1 amide bonds. The van der Waals surface area contributed by atoms with E-state index < -0.39 is 0 Å². The highest BCUT2D eigenvalue weighted by atomic mass is 16.2. The van der Waals surface area contributed by atoms with Gasteiger partial charge in [0.1, 0.15) is 6.54 Å². The molecule has 0 bridgehead atoms. The molecule has 0 spiro atoms. The van der Waals surface area contributed by atoms with Gasteiger partial charge < -0.3 is 9.47 Å². The first-order chi connectivity index (χ1) is 8.49. The maximum absolute atomic E-state index is 12.0. The molecule has 0 N–H and O–H groups in total. The highest BCUT2D eigenvalue weighted by Crippen LogP contribution is 2.22. The van der Waals surface area contributed by atoms with Crippen molar-refractivity contribution in [3.05, 3.63) is 23.5 Å². The number of amides is 1. The van der Waals surface area contributed by atoms with E-state index in [-0.39, 0.29) is 17.7 Å². The van der Waals surface area contributed by atoms with Crippen LogP contribution in [0.2, 0.25) is 0 Å². The van der Waals surface area contributed by atoms with Crippen molar-refractivity contribution in [1.82, 2.24) is 9.47 Å². The Morgan fingerprint density at radius 2 is 2.11 bits per heavy atom. The highest BCUT2D eigenvalue weighted by molar-refractivity contribution is 5.98. The Bertz CT molecular complexity index is 474. The van der Waals surface area contributed by atoms with E-state index in [1.54, 1.807) is 4.90 Å². The van der Waals surface area contributed by atoms with Gasteiger partial charge >= 0.3 is 0 Å². The summed E-state index contributed by atoms with van der Waals surface area (Å²) in [5.41, 5.74) is 1.90. The van der Waals surface area contributed by atoms with Gasteiger partial charge in [0.05, 0.1) is 0 Å². The Kier molecular flexibility index (Phi) is 3.55. The number of carbonyl (C=O) groups is 2. The van der Waals surface area contributed by atoms with Gasteiger partial charge in [-0.2, -0.15) is 0 Å². The summed E-state index contributed by atoms with van der Waals surface area (Å²) >= 11 is 0. The molecule has 0 atom stereocenters. The van der Waals surface area contributed by atoms with Gasteiger partial charge in [-0.25, -0.2) is 0 Å². The first-order valence-corrected chi connectivity index (χ1v) is 6.46. The molecule has 0 saturated carbocycles. The third-order valence-electron chi connectivity index (χ3n) is 3.60. The third kappa shape index (κ3) is 2.47. The molecular formula is C14H20N2O2. The Morgan fingerprint density at radius 1 is 1.39 bits per heavy atom. The maximum Gasteiger partial charge on any atom is 0.242 e. The van der Waals surface area contributed by atoms with Gasteiger partial charge in [-0.3, -0.25) is 9.59 Å². The van der Waals surface area contributed by atoms with E-state index >= 15 is 0 Å². The van der Waals surface area contributed by atoms with Gasteiger partial charge in [-0.15, -0.1) is 0 Å². The molecule has 2 rings (SSSR count). The summed E-state index contributed by atoms with van der Waals surface area (Å²) in [5, 5.41) is 0. The summed E-state index contributed by atoms with van der Waals surface area (Å²) < 4.78 is 1.84. The van der Waals surface area contributed by atoms with Gasteiger partial charge in [0.2, 0.25) is 5.91 Å². The summed E-state index contributed by atoms with van der Waals surface area (Å²) in [5.74, 6) is 0.282. The zero-order valence-corrected chi connectivity index (χ0v) is 11.3. The first-order valence-electron chi connectivity index (χ1n) is 6.46. The minimum atomic E-state index is 0.0739. The largest absolute Gasteiger partial charge is 0.344 e. The number of hydrogen-bond donors (Lipinski definition) is 0. The van der Waals surface area contributed by atoms with E-state index in [4.69, 9.17) is 0 Å². The number of rotatable bonds is 3. The van der Waals surface area contributed by atoms with Crippen LogP contribution in [0.5, 0.6) is 0 Å². The average Bonchev–Trinajstić information content (AvgIpc) is 2.71. The van der Waals surface area contributed by atoms with Crippen LogP contribution in [0.4, 0.5) is 0 Å². The van der Waals surface area contributed by atoms with Crippen molar-refractivity contribution in [2.75, 3.05) is 7.05 Å². The van der Waals surface area contributed by atoms with Crippen molar-refractivity contribution in [1.29, 1.82) is 0 Å². The van der Waals surface area contributed by atoms with Crippen molar-refractivity contribution in [3.8, 4) is 0 Å². The van der Waals surface area contributed by atoms with E-state index in [9.17, 15) is 9.59 Å². The van der Waals surface area contributed by atoms with E-state index in [1.807, 2.05) is 37.9 Å². The molecule has 1 aliphatic carbocycles. The number of aromatic nitrogens is 1. The predicted molar refractivity (Wildman–Crippen MR) is 69.6 cm³/mol. The highest BCUT2D eigenvalue weighted by Gasteiger charge is 2.20. The summed E-state index contributed by atoms with van der Waals surface area (Å²) in [7, 11) is 1.81. The molecule has 4 nitrogen and oxygen atoms in total. The number of carbonyl (C=O) groups excluding carboxylic acids is 2. The fourth-order valence-corrected chi connectivity index (χ4v) is 2.23. The van der Waals surface area contributed by atoms with Gasteiger partial charge in [-0.1, -0.05) is 0 Å². The summed E-state index contributed by atoms with van der Waals surface area (Å²) in [6.45, 7) is 4.29. The van der Waals surface area contributed by atoms with Crippen LogP contribution in [0.3, 0.4) is 0 Å². The van der Waals surface area contributed by atoms with Crippen molar-refractivity contribution in [2.45, 2.75) is 45.7 Å². The zero-order valence-electron chi connectivity index (χ0n) is 11.3. The van der Waals surface area contributed by atoms with E-state index in [0.29, 0.717) is 13.0 Å². The van der Waals surface area contributed by atoms with Crippen LogP contribution in [0.1, 0.15) is 42.6 Å². The fraction of sp³-hybridized carbons (Fsp3) is 0.571. The topological polar surface area (TPSA) is 42.3 Å². The average molecular weight is 248 g/mol. The van der Waals surface area contributed by atoms with Gasteiger partial charge in [0.15, 0.2) is 5.78 Å². The summed E-state index contributed by atoms with van der Waals surface area (Å²) in [6, 6.07) is 0.198. The minimum Gasteiger partial charge on any atom is -0.344 e. The number of aryl methyl sites for hydroxylation is 1. The lowest BCUT2D eigenvalue weighted by Gasteiger charge is -2.21. The summed E-state index contributed by atoms with van der Waals surface area (Å²) in [4.78, 5) is 25.4. The van der Waals surface area contributed by atoms with Crippen LogP contribution in [0.15, 0.2) is 12.4 Å². The number of fused-ring (bicyclic) bond motifs is 1. The number of nitrogens with zero attached hydrogens (tertiary/aromatic N) is 2. The second-order valence-electron chi connectivity index (χ2n) is 5.24. The molecule has 1 aromatic heterocycles. The Hall–Kier alpha value is -1.58. The Labute approximate surface area is 108 Å². The molecule has 0 aromatic carbocycles. The monoisotopic (exact) mass is 248 g/mol. The van der Waals surface area contributed by atoms with E-state index in [0.717, 1.165) is 24.0 Å². The molecule has 0 radical (unpaired) electrons.